The molecule has 0 aliphatic carbocycles. The highest BCUT2D eigenvalue weighted by Gasteiger charge is 2.25. The summed E-state index contributed by atoms with van der Waals surface area (Å²) in [5, 5.41) is 9.57. The van der Waals surface area contributed by atoms with Crippen LogP contribution in [0, 0.1) is 0 Å². The minimum absolute atomic E-state index is 0.0471. The average molecular weight is 240 g/mol. The topological polar surface area (TPSA) is 32.7 Å². The molecule has 1 aliphatic rings. The second-order valence-electron chi connectivity index (χ2n) is 3.47. The number of rotatable bonds is 3. The van der Waals surface area contributed by atoms with Gasteiger partial charge >= 0.3 is 0 Å². The van der Waals surface area contributed by atoms with E-state index in [4.69, 9.17) is 33.0 Å². The highest BCUT2D eigenvalue weighted by Crippen LogP contribution is 2.15. The van der Waals surface area contributed by atoms with E-state index in [0.29, 0.717) is 30.8 Å². The predicted molar refractivity (Wildman–Crippen MR) is 57.6 cm³/mol. The van der Waals surface area contributed by atoms with Gasteiger partial charge in [-0.2, -0.15) is 0 Å². The van der Waals surface area contributed by atoms with E-state index in [2.05, 4.69) is 11.8 Å². The Balaban J connectivity index is 2.48. The number of hydrogen-bond acceptors (Lipinski definition) is 3. The maximum atomic E-state index is 8.96. The van der Waals surface area contributed by atoms with E-state index in [0.717, 1.165) is 0 Å². The molecule has 1 heterocycles. The van der Waals surface area contributed by atoms with E-state index in [-0.39, 0.29) is 12.7 Å². The number of nitrogens with zero attached hydrogens (tertiary/aromatic N) is 1. The normalized spacial score (nSPS) is 30.7. The van der Waals surface area contributed by atoms with Crippen LogP contribution in [-0.4, -0.2) is 48.5 Å². The van der Waals surface area contributed by atoms with Crippen molar-refractivity contribution >= 4 is 23.2 Å². The van der Waals surface area contributed by atoms with Gasteiger partial charge in [-0.05, 0) is 6.92 Å². The molecular formula is C9H15Cl2NO2. The molecule has 1 N–H and O–H groups in total. The molecule has 1 rings (SSSR count). The largest absolute Gasteiger partial charge is 0.394 e. The summed E-state index contributed by atoms with van der Waals surface area (Å²) < 4.78 is 5.40. The number of ether oxygens (including phenoxy) is 1. The Morgan fingerprint density at radius 3 is 3.00 bits per heavy atom. The fraction of sp³-hybridized carbons (Fsp3) is 0.778. The lowest BCUT2D eigenvalue weighted by Gasteiger charge is -2.37. The molecular weight excluding hydrogens is 225 g/mol. The molecule has 1 fully saturated rings. The predicted octanol–water partition coefficient (Wildman–Crippen LogP) is 1.39. The van der Waals surface area contributed by atoms with Crippen LogP contribution in [0.3, 0.4) is 0 Å². The third kappa shape index (κ3) is 3.41. The number of morpholine rings is 1. The highest BCUT2D eigenvalue weighted by molar-refractivity contribution is 6.36. The average Bonchev–Trinajstić information content (AvgIpc) is 2.21. The van der Waals surface area contributed by atoms with Crippen molar-refractivity contribution in [2.75, 3.05) is 26.3 Å². The lowest BCUT2D eigenvalue weighted by atomic mass is 10.2. The van der Waals surface area contributed by atoms with E-state index in [1.54, 1.807) is 0 Å². The smallest absolute Gasteiger partial charge is 0.0933 e. The van der Waals surface area contributed by atoms with Crippen LogP contribution >= 0.6 is 23.2 Å². The molecule has 14 heavy (non-hydrogen) atoms. The molecule has 2 atom stereocenters. The van der Waals surface area contributed by atoms with Crippen LogP contribution in [0.1, 0.15) is 6.92 Å². The van der Waals surface area contributed by atoms with Gasteiger partial charge in [0, 0.05) is 29.7 Å². The minimum Gasteiger partial charge on any atom is -0.394 e. The van der Waals surface area contributed by atoms with Gasteiger partial charge < -0.3 is 9.84 Å². The monoisotopic (exact) mass is 239 g/mol. The Kier molecular flexibility index (Phi) is 5.20. The quantitative estimate of drug-likeness (QED) is 0.809. The lowest BCUT2D eigenvalue weighted by Crippen LogP contribution is -2.49. The maximum absolute atomic E-state index is 8.96. The minimum atomic E-state index is -0.106. The zero-order valence-electron chi connectivity index (χ0n) is 8.12. The van der Waals surface area contributed by atoms with Gasteiger partial charge in [-0.3, -0.25) is 4.90 Å². The SMILES string of the molecule is CC1COC(CO)CN1CC(Cl)=CCl. The van der Waals surface area contributed by atoms with Gasteiger partial charge in [0.1, 0.15) is 0 Å². The molecule has 0 radical (unpaired) electrons. The number of halogens is 2. The molecule has 0 bridgehead atoms. The van der Waals surface area contributed by atoms with Crippen molar-refractivity contribution in [2.45, 2.75) is 19.1 Å². The first-order valence-corrected chi connectivity index (χ1v) is 5.40. The zero-order chi connectivity index (χ0) is 10.6. The van der Waals surface area contributed by atoms with E-state index >= 15 is 0 Å². The Bertz CT molecular complexity index is 211. The molecule has 0 aromatic rings. The molecule has 1 saturated heterocycles. The van der Waals surface area contributed by atoms with Gasteiger partial charge in [-0.15, -0.1) is 0 Å². The Morgan fingerprint density at radius 2 is 2.43 bits per heavy atom. The Hall–Kier alpha value is 0.200. The first-order chi connectivity index (χ1) is 6.67. The van der Waals surface area contributed by atoms with Crippen molar-refractivity contribution in [3.05, 3.63) is 10.6 Å². The van der Waals surface area contributed by atoms with Crippen molar-refractivity contribution in [2.24, 2.45) is 0 Å². The molecule has 3 nitrogen and oxygen atoms in total. The van der Waals surface area contributed by atoms with Gasteiger partial charge in [-0.1, -0.05) is 23.2 Å². The van der Waals surface area contributed by atoms with E-state index < -0.39 is 0 Å². The van der Waals surface area contributed by atoms with Crippen LogP contribution in [0.25, 0.3) is 0 Å². The number of aliphatic hydroxyl groups excluding tert-OH is 1. The van der Waals surface area contributed by atoms with Crippen LogP contribution in [0.2, 0.25) is 0 Å². The van der Waals surface area contributed by atoms with Crippen LogP contribution in [0.4, 0.5) is 0 Å². The Morgan fingerprint density at radius 1 is 1.71 bits per heavy atom. The number of hydrogen-bond donors (Lipinski definition) is 1. The summed E-state index contributed by atoms with van der Waals surface area (Å²) in [5.74, 6) is 0. The molecule has 1 aliphatic heterocycles. The van der Waals surface area contributed by atoms with E-state index in [1.807, 2.05) is 0 Å². The van der Waals surface area contributed by atoms with Gasteiger partial charge in [0.15, 0.2) is 0 Å². The van der Waals surface area contributed by atoms with Crippen LogP contribution in [0.5, 0.6) is 0 Å². The fourth-order valence-electron chi connectivity index (χ4n) is 1.43. The van der Waals surface area contributed by atoms with Crippen LogP contribution in [-0.2, 0) is 4.74 Å². The van der Waals surface area contributed by atoms with Crippen molar-refractivity contribution in [1.82, 2.24) is 4.90 Å². The summed E-state index contributed by atoms with van der Waals surface area (Å²) in [4.78, 5) is 2.14. The van der Waals surface area contributed by atoms with Crippen molar-refractivity contribution < 1.29 is 9.84 Å². The zero-order valence-corrected chi connectivity index (χ0v) is 9.63. The first-order valence-electron chi connectivity index (χ1n) is 4.58. The molecule has 0 spiro atoms. The summed E-state index contributed by atoms with van der Waals surface area (Å²) in [6.07, 6.45) is -0.106. The van der Waals surface area contributed by atoms with E-state index in [1.165, 1.54) is 5.54 Å². The second kappa shape index (κ2) is 5.93. The second-order valence-corrected chi connectivity index (χ2v) is 4.18. The van der Waals surface area contributed by atoms with Gasteiger partial charge in [0.25, 0.3) is 0 Å². The van der Waals surface area contributed by atoms with Gasteiger partial charge in [-0.25, -0.2) is 0 Å². The van der Waals surface area contributed by atoms with Crippen LogP contribution < -0.4 is 0 Å². The summed E-state index contributed by atoms with van der Waals surface area (Å²) in [5.41, 5.74) is 1.37. The van der Waals surface area contributed by atoms with Crippen molar-refractivity contribution in [3.8, 4) is 0 Å². The summed E-state index contributed by atoms with van der Waals surface area (Å²) in [7, 11) is 0. The number of aliphatic hydroxyl groups is 1. The van der Waals surface area contributed by atoms with E-state index in [9.17, 15) is 0 Å². The summed E-state index contributed by atoms with van der Waals surface area (Å²) >= 11 is 11.3. The van der Waals surface area contributed by atoms with Crippen LogP contribution in [0.15, 0.2) is 10.6 Å². The molecule has 0 saturated carbocycles. The standard InChI is InChI=1S/C9H15Cl2NO2/c1-7-6-14-9(5-13)4-12(7)3-8(11)2-10/h2,7,9,13H,3-6H2,1H3. The fourth-order valence-corrected chi connectivity index (χ4v) is 1.66. The van der Waals surface area contributed by atoms with Crippen molar-refractivity contribution in [1.29, 1.82) is 0 Å². The third-order valence-corrected chi connectivity index (χ3v) is 2.91. The van der Waals surface area contributed by atoms with Crippen molar-refractivity contribution in [3.63, 3.8) is 0 Å². The molecule has 0 amide bonds. The van der Waals surface area contributed by atoms with Gasteiger partial charge in [0.05, 0.1) is 19.3 Å². The molecule has 0 aromatic carbocycles. The lowest BCUT2D eigenvalue weighted by molar-refractivity contribution is -0.0744. The molecule has 2 unspecified atom stereocenters. The summed E-state index contributed by atoms with van der Waals surface area (Å²) in [6.45, 7) is 4.04. The third-order valence-electron chi connectivity index (χ3n) is 2.31. The molecule has 82 valence electrons. The molecule has 0 aromatic heterocycles. The first kappa shape index (κ1) is 12.3. The van der Waals surface area contributed by atoms with Gasteiger partial charge in [0.2, 0.25) is 0 Å². The highest BCUT2D eigenvalue weighted by atomic mass is 35.5. The Labute approximate surface area is 94.2 Å². The molecule has 5 heteroatoms. The maximum Gasteiger partial charge on any atom is 0.0933 e. The summed E-state index contributed by atoms with van der Waals surface area (Å²) in [6, 6.07) is 0.308.